The fourth-order valence-corrected chi connectivity index (χ4v) is 4.78. The van der Waals surface area contributed by atoms with Crippen LogP contribution in [0.5, 0.6) is 0 Å². The van der Waals surface area contributed by atoms with E-state index < -0.39 is 37.3 Å². The fraction of sp³-hybridized carbons (Fsp3) is 0.118. The Hall–Kier alpha value is -2.48. The van der Waals surface area contributed by atoms with Crippen molar-refractivity contribution < 1.29 is 21.6 Å². The number of halogens is 5. The van der Waals surface area contributed by atoms with Crippen LogP contribution >= 0.6 is 35.0 Å². The molecule has 0 atom stereocenters. The molecular weight excluding hydrogens is 518 g/mol. The van der Waals surface area contributed by atoms with Crippen LogP contribution in [0.15, 0.2) is 65.5 Å². The van der Waals surface area contributed by atoms with E-state index in [1.807, 2.05) is 4.98 Å². The molecule has 0 saturated carbocycles. The first kappa shape index (κ1) is 24.2. The predicted octanol–water partition coefficient (Wildman–Crippen LogP) is 2.98. The molecule has 0 aliphatic rings. The molecule has 0 aliphatic carbocycles. The van der Waals surface area contributed by atoms with Crippen LogP contribution in [0.3, 0.4) is 0 Å². The summed E-state index contributed by atoms with van der Waals surface area (Å²) < 4.78 is 62.2. The van der Waals surface area contributed by atoms with Gasteiger partial charge < -0.3 is 0 Å². The van der Waals surface area contributed by atoms with E-state index in [-0.39, 0.29) is 20.6 Å². The van der Waals surface area contributed by atoms with Gasteiger partial charge in [0.25, 0.3) is 9.84 Å². The summed E-state index contributed by atoms with van der Waals surface area (Å²) in [6.45, 7) is 0. The Morgan fingerprint density at radius 1 is 0.969 bits per heavy atom. The van der Waals surface area contributed by atoms with Gasteiger partial charge in [-0.2, -0.15) is 13.2 Å². The molecule has 0 radical (unpaired) electrons. The number of benzene rings is 2. The summed E-state index contributed by atoms with van der Waals surface area (Å²) in [6, 6.07) is 6.35. The van der Waals surface area contributed by atoms with Crippen molar-refractivity contribution >= 4 is 44.8 Å². The topological polar surface area (TPSA) is 111 Å². The standard InChI is InChI=1S/C17H10Cl2F3N3O5S2/c1-24-14(26)23-15(27)25(16(24)28)8-6-11(18)13(12(19)7-8)31-9-2-4-10(5-3-9)32(29,30)17(20,21)22/h2-7H,1H3,(H,23,26,27). The van der Waals surface area contributed by atoms with Gasteiger partial charge in [0.05, 0.1) is 20.6 Å². The number of rotatable bonds is 4. The van der Waals surface area contributed by atoms with Crippen LogP contribution in [0.25, 0.3) is 5.69 Å². The average Bonchev–Trinajstić information content (AvgIpc) is 2.68. The van der Waals surface area contributed by atoms with Gasteiger partial charge >= 0.3 is 22.6 Å². The van der Waals surface area contributed by atoms with E-state index in [9.17, 15) is 36.0 Å². The molecule has 0 aliphatic heterocycles. The number of H-pyrrole nitrogens is 1. The number of aromatic amines is 1. The average molecular weight is 528 g/mol. The molecule has 2 aromatic carbocycles. The maximum atomic E-state index is 12.7. The van der Waals surface area contributed by atoms with Crippen LogP contribution < -0.4 is 17.1 Å². The molecule has 1 aromatic heterocycles. The number of alkyl halides is 3. The molecule has 0 unspecified atom stereocenters. The molecule has 1 heterocycles. The van der Waals surface area contributed by atoms with Crippen molar-refractivity contribution in [2.75, 3.05) is 0 Å². The Kier molecular flexibility index (Phi) is 6.39. The Bertz CT molecular complexity index is 1470. The lowest BCUT2D eigenvalue weighted by atomic mass is 10.3. The minimum Gasteiger partial charge on any atom is -0.258 e. The number of aromatic nitrogens is 3. The van der Waals surface area contributed by atoms with Crippen molar-refractivity contribution in [1.82, 2.24) is 14.1 Å². The largest absolute Gasteiger partial charge is 0.501 e. The summed E-state index contributed by atoms with van der Waals surface area (Å²) in [5.41, 5.74) is -8.31. The Labute approximate surface area is 191 Å². The van der Waals surface area contributed by atoms with Gasteiger partial charge in [-0.1, -0.05) is 35.0 Å². The number of sulfone groups is 1. The van der Waals surface area contributed by atoms with Crippen molar-refractivity contribution in [2.24, 2.45) is 7.05 Å². The summed E-state index contributed by atoms with van der Waals surface area (Å²) in [5, 5.41) is -0.0192. The maximum Gasteiger partial charge on any atom is 0.501 e. The molecule has 170 valence electrons. The van der Waals surface area contributed by atoms with Crippen LogP contribution in [-0.4, -0.2) is 28.0 Å². The van der Waals surface area contributed by atoms with Crippen molar-refractivity contribution in [3.8, 4) is 5.69 Å². The fourth-order valence-electron chi connectivity index (χ4n) is 2.49. The second kappa shape index (κ2) is 8.46. The van der Waals surface area contributed by atoms with E-state index >= 15 is 0 Å². The number of hydrogen-bond donors (Lipinski definition) is 1. The number of hydrogen-bond acceptors (Lipinski definition) is 6. The molecule has 0 spiro atoms. The van der Waals surface area contributed by atoms with Crippen molar-refractivity contribution in [3.05, 3.63) is 77.9 Å². The second-order valence-corrected chi connectivity index (χ2v) is 10.0. The van der Waals surface area contributed by atoms with Gasteiger partial charge in [-0.3, -0.25) is 4.98 Å². The zero-order chi connectivity index (χ0) is 24.0. The van der Waals surface area contributed by atoms with Crippen LogP contribution in [-0.2, 0) is 16.9 Å². The van der Waals surface area contributed by atoms with Gasteiger partial charge in [-0.05, 0) is 36.4 Å². The monoisotopic (exact) mass is 527 g/mol. The SMILES string of the molecule is Cn1c(=O)[nH]c(=O)n(-c2cc(Cl)c(Sc3ccc(S(=O)(=O)C(F)(F)F)cc3)c(Cl)c2)c1=O. The molecule has 3 aromatic rings. The first-order valence-electron chi connectivity index (χ1n) is 8.25. The van der Waals surface area contributed by atoms with Crippen molar-refractivity contribution in [2.45, 2.75) is 20.2 Å². The first-order valence-corrected chi connectivity index (χ1v) is 11.3. The van der Waals surface area contributed by atoms with Gasteiger partial charge in [0, 0.05) is 16.8 Å². The van der Waals surface area contributed by atoms with Gasteiger partial charge in [0.1, 0.15) is 0 Å². The summed E-state index contributed by atoms with van der Waals surface area (Å²) >= 11 is 13.4. The minimum absolute atomic E-state index is 0.00959. The molecule has 32 heavy (non-hydrogen) atoms. The maximum absolute atomic E-state index is 12.7. The van der Waals surface area contributed by atoms with E-state index in [1.54, 1.807) is 0 Å². The molecule has 0 bridgehead atoms. The zero-order valence-corrected chi connectivity index (χ0v) is 18.8. The van der Waals surface area contributed by atoms with Crippen molar-refractivity contribution in [1.29, 1.82) is 0 Å². The Morgan fingerprint density at radius 2 is 1.50 bits per heavy atom. The molecular formula is C17H10Cl2F3N3O5S2. The molecule has 0 fully saturated rings. The second-order valence-electron chi connectivity index (χ2n) is 6.17. The highest BCUT2D eigenvalue weighted by Gasteiger charge is 2.46. The molecule has 8 nitrogen and oxygen atoms in total. The van der Waals surface area contributed by atoms with Gasteiger partial charge in [0.15, 0.2) is 0 Å². The summed E-state index contributed by atoms with van der Waals surface area (Å²) in [5.74, 6) is 0. The molecule has 0 saturated heterocycles. The van der Waals surface area contributed by atoms with E-state index in [1.165, 1.54) is 12.1 Å². The third-order valence-electron chi connectivity index (χ3n) is 4.10. The summed E-state index contributed by atoms with van der Waals surface area (Å²) in [4.78, 5) is 37.5. The summed E-state index contributed by atoms with van der Waals surface area (Å²) in [6.07, 6.45) is 0. The number of nitrogens with zero attached hydrogens (tertiary/aromatic N) is 2. The number of nitrogens with one attached hydrogen (secondary N) is 1. The van der Waals surface area contributed by atoms with Crippen LogP contribution in [0, 0.1) is 0 Å². The third-order valence-corrected chi connectivity index (χ3v) is 7.57. The molecule has 0 amide bonds. The van der Waals surface area contributed by atoms with Gasteiger partial charge in [0.2, 0.25) is 0 Å². The minimum atomic E-state index is -5.48. The smallest absolute Gasteiger partial charge is 0.258 e. The lowest BCUT2D eigenvalue weighted by Gasteiger charge is -2.12. The quantitative estimate of drug-likeness (QED) is 0.558. The van der Waals surface area contributed by atoms with Crippen LogP contribution in [0.2, 0.25) is 10.0 Å². The van der Waals surface area contributed by atoms with E-state index in [4.69, 9.17) is 23.2 Å². The van der Waals surface area contributed by atoms with Gasteiger partial charge in [-0.15, -0.1) is 0 Å². The first-order chi connectivity index (χ1) is 14.7. The van der Waals surface area contributed by atoms with Crippen LogP contribution in [0.1, 0.15) is 0 Å². The lowest BCUT2D eigenvalue weighted by Crippen LogP contribution is -2.47. The Balaban J connectivity index is 1.99. The highest BCUT2D eigenvalue weighted by molar-refractivity contribution is 7.99. The zero-order valence-electron chi connectivity index (χ0n) is 15.6. The molecule has 15 heteroatoms. The van der Waals surface area contributed by atoms with Gasteiger partial charge in [-0.25, -0.2) is 31.9 Å². The Morgan fingerprint density at radius 3 is 2.00 bits per heavy atom. The van der Waals surface area contributed by atoms with E-state index in [0.717, 1.165) is 43.1 Å². The van der Waals surface area contributed by atoms with Crippen LogP contribution in [0.4, 0.5) is 13.2 Å². The highest BCUT2D eigenvalue weighted by Crippen LogP contribution is 2.40. The van der Waals surface area contributed by atoms with E-state index in [2.05, 4.69) is 0 Å². The molecule has 3 rings (SSSR count). The molecule has 1 N–H and O–H groups in total. The van der Waals surface area contributed by atoms with Crippen molar-refractivity contribution in [3.63, 3.8) is 0 Å². The predicted molar refractivity (Wildman–Crippen MR) is 112 cm³/mol. The lowest BCUT2D eigenvalue weighted by molar-refractivity contribution is -0.0436. The van der Waals surface area contributed by atoms with E-state index in [0.29, 0.717) is 14.0 Å². The third kappa shape index (κ3) is 4.37. The highest BCUT2D eigenvalue weighted by atomic mass is 35.5. The summed E-state index contributed by atoms with van der Waals surface area (Å²) in [7, 11) is -4.32. The normalized spacial score (nSPS) is 12.2.